The van der Waals surface area contributed by atoms with Crippen molar-refractivity contribution in [1.29, 1.82) is 0 Å². The van der Waals surface area contributed by atoms with Crippen LogP contribution in [-0.4, -0.2) is 48.6 Å². The largest absolute Gasteiger partial charge is 0.444 e. The highest BCUT2D eigenvalue weighted by Gasteiger charge is 2.26. The third-order valence-electron chi connectivity index (χ3n) is 3.89. The van der Waals surface area contributed by atoms with E-state index in [-0.39, 0.29) is 11.5 Å². The van der Waals surface area contributed by atoms with Crippen molar-refractivity contribution < 1.29 is 9.53 Å². The first-order valence-corrected chi connectivity index (χ1v) is 8.88. The van der Waals surface area contributed by atoms with E-state index < -0.39 is 5.60 Å². The van der Waals surface area contributed by atoms with E-state index in [2.05, 4.69) is 31.1 Å². The Morgan fingerprint density at radius 3 is 2.57 bits per heavy atom. The molecule has 0 aromatic carbocycles. The molecular formula is C18H35N3O2. The van der Waals surface area contributed by atoms with Crippen molar-refractivity contribution in [3.05, 3.63) is 0 Å². The molecule has 0 spiro atoms. The van der Waals surface area contributed by atoms with Crippen molar-refractivity contribution in [2.75, 3.05) is 26.2 Å². The van der Waals surface area contributed by atoms with Gasteiger partial charge in [0.15, 0.2) is 0 Å². The monoisotopic (exact) mass is 325 g/mol. The molecule has 0 fully saturated rings. The summed E-state index contributed by atoms with van der Waals surface area (Å²) < 4.78 is 5.44. The maximum atomic E-state index is 12.2. The number of amides is 1. The molecule has 0 bridgehead atoms. The van der Waals surface area contributed by atoms with E-state index in [0.29, 0.717) is 19.6 Å². The summed E-state index contributed by atoms with van der Waals surface area (Å²) in [5.41, 5.74) is -0.216. The SMILES string of the molecule is CCCCCC(C)(C)CNC1=NCCN(C(=O)OC(C)(C)C)C1. The van der Waals surface area contributed by atoms with Crippen molar-refractivity contribution in [1.82, 2.24) is 10.2 Å². The van der Waals surface area contributed by atoms with Gasteiger partial charge in [0.05, 0.1) is 13.1 Å². The Bertz CT molecular complexity index is 411. The van der Waals surface area contributed by atoms with Gasteiger partial charge in [-0.3, -0.25) is 9.89 Å². The Labute approximate surface area is 141 Å². The molecule has 134 valence electrons. The zero-order valence-corrected chi connectivity index (χ0v) is 15.9. The number of nitrogens with zero attached hydrogens (tertiary/aromatic N) is 2. The first kappa shape index (κ1) is 19.8. The number of unbranched alkanes of at least 4 members (excludes halogenated alkanes) is 2. The number of rotatable bonds is 6. The van der Waals surface area contributed by atoms with Crippen LogP contribution in [0.5, 0.6) is 0 Å². The van der Waals surface area contributed by atoms with Gasteiger partial charge >= 0.3 is 6.09 Å². The van der Waals surface area contributed by atoms with Crippen LogP contribution in [0, 0.1) is 5.41 Å². The average molecular weight is 325 g/mol. The van der Waals surface area contributed by atoms with Gasteiger partial charge < -0.3 is 10.1 Å². The highest BCUT2D eigenvalue weighted by Crippen LogP contribution is 2.22. The molecule has 5 heteroatoms. The summed E-state index contributed by atoms with van der Waals surface area (Å²) in [6.45, 7) is 15.1. The molecule has 0 aromatic rings. The molecule has 1 heterocycles. The topological polar surface area (TPSA) is 53.9 Å². The van der Waals surface area contributed by atoms with E-state index in [9.17, 15) is 4.79 Å². The van der Waals surface area contributed by atoms with Crippen molar-refractivity contribution >= 4 is 11.9 Å². The Balaban J connectivity index is 2.43. The molecule has 1 amide bonds. The van der Waals surface area contributed by atoms with Crippen LogP contribution < -0.4 is 5.32 Å². The Morgan fingerprint density at radius 2 is 1.96 bits per heavy atom. The van der Waals surface area contributed by atoms with Crippen LogP contribution in [0.1, 0.15) is 67.2 Å². The second kappa shape index (κ2) is 8.55. The average Bonchev–Trinajstić information content (AvgIpc) is 2.44. The van der Waals surface area contributed by atoms with E-state index in [1.807, 2.05) is 20.8 Å². The maximum Gasteiger partial charge on any atom is 0.410 e. The van der Waals surface area contributed by atoms with E-state index in [0.717, 1.165) is 12.4 Å². The lowest BCUT2D eigenvalue weighted by Gasteiger charge is -2.31. The zero-order chi connectivity index (χ0) is 17.5. The zero-order valence-electron chi connectivity index (χ0n) is 15.9. The number of nitrogens with one attached hydrogen (secondary N) is 1. The van der Waals surface area contributed by atoms with Gasteiger partial charge in [-0.05, 0) is 32.6 Å². The molecule has 1 aliphatic heterocycles. The van der Waals surface area contributed by atoms with E-state index >= 15 is 0 Å². The standard InChI is InChI=1S/C18H35N3O2/c1-7-8-9-10-18(5,6)14-20-15-13-21(12-11-19-15)16(22)23-17(2,3)4/h7-14H2,1-6H3,(H,19,20). The number of aliphatic imine (C=N–C) groups is 1. The summed E-state index contributed by atoms with van der Waals surface area (Å²) in [5.74, 6) is 0.894. The third kappa shape index (κ3) is 8.24. The van der Waals surface area contributed by atoms with E-state index in [1.54, 1.807) is 4.90 Å². The molecule has 1 aliphatic rings. The lowest BCUT2D eigenvalue weighted by Crippen LogP contribution is -2.48. The van der Waals surface area contributed by atoms with Gasteiger partial charge in [-0.15, -0.1) is 0 Å². The summed E-state index contributed by atoms with van der Waals surface area (Å²) in [7, 11) is 0. The van der Waals surface area contributed by atoms with Crippen LogP contribution >= 0.6 is 0 Å². The van der Waals surface area contributed by atoms with Crippen molar-refractivity contribution in [2.45, 2.75) is 72.8 Å². The molecular weight excluding hydrogens is 290 g/mol. The molecule has 0 saturated heterocycles. The maximum absolute atomic E-state index is 12.2. The van der Waals surface area contributed by atoms with Gasteiger partial charge in [0, 0.05) is 13.1 Å². The smallest absolute Gasteiger partial charge is 0.410 e. The molecule has 1 rings (SSSR count). The fourth-order valence-corrected chi connectivity index (χ4v) is 2.49. The first-order chi connectivity index (χ1) is 10.6. The van der Waals surface area contributed by atoms with Gasteiger partial charge in [-0.1, -0.05) is 40.0 Å². The van der Waals surface area contributed by atoms with Crippen LogP contribution in [0.25, 0.3) is 0 Å². The van der Waals surface area contributed by atoms with Crippen LogP contribution in [0.4, 0.5) is 4.79 Å². The molecule has 1 N–H and O–H groups in total. The third-order valence-corrected chi connectivity index (χ3v) is 3.89. The number of carbonyl (C=O) groups is 1. The minimum Gasteiger partial charge on any atom is -0.444 e. The van der Waals surface area contributed by atoms with Gasteiger partial charge in [0.2, 0.25) is 0 Å². The van der Waals surface area contributed by atoms with Crippen LogP contribution in [-0.2, 0) is 4.74 Å². The van der Waals surface area contributed by atoms with Crippen LogP contribution in [0.3, 0.4) is 0 Å². The normalized spacial score (nSPS) is 16.1. The second-order valence-electron chi connectivity index (χ2n) is 8.21. The second-order valence-corrected chi connectivity index (χ2v) is 8.21. The number of hydrogen-bond donors (Lipinski definition) is 1. The molecule has 0 saturated carbocycles. The highest BCUT2D eigenvalue weighted by atomic mass is 16.6. The summed E-state index contributed by atoms with van der Waals surface area (Å²) in [6, 6.07) is 0. The molecule has 0 atom stereocenters. The summed E-state index contributed by atoms with van der Waals surface area (Å²) >= 11 is 0. The van der Waals surface area contributed by atoms with Crippen molar-refractivity contribution in [2.24, 2.45) is 10.4 Å². The van der Waals surface area contributed by atoms with Crippen molar-refractivity contribution in [3.8, 4) is 0 Å². The van der Waals surface area contributed by atoms with Gasteiger partial charge in [0.1, 0.15) is 11.4 Å². The minimum atomic E-state index is -0.458. The Kier molecular flexibility index (Phi) is 7.36. The summed E-state index contributed by atoms with van der Waals surface area (Å²) in [5, 5.41) is 3.44. The molecule has 0 unspecified atom stereocenters. The lowest BCUT2D eigenvalue weighted by molar-refractivity contribution is 0.0276. The number of hydrogen-bond acceptors (Lipinski definition) is 4. The molecule has 0 aliphatic carbocycles. The van der Waals surface area contributed by atoms with Gasteiger partial charge in [-0.2, -0.15) is 0 Å². The molecule has 23 heavy (non-hydrogen) atoms. The van der Waals surface area contributed by atoms with Gasteiger partial charge in [0.25, 0.3) is 0 Å². The Hall–Kier alpha value is -1.26. The summed E-state index contributed by atoms with van der Waals surface area (Å²) in [6.07, 6.45) is 4.75. The Morgan fingerprint density at radius 1 is 1.26 bits per heavy atom. The van der Waals surface area contributed by atoms with E-state index in [4.69, 9.17) is 4.74 Å². The first-order valence-electron chi connectivity index (χ1n) is 8.88. The molecule has 0 radical (unpaired) electrons. The minimum absolute atomic E-state index is 0.242. The van der Waals surface area contributed by atoms with E-state index in [1.165, 1.54) is 25.7 Å². The van der Waals surface area contributed by atoms with Crippen LogP contribution in [0.2, 0.25) is 0 Å². The number of ether oxygens (including phenoxy) is 1. The molecule has 5 nitrogen and oxygen atoms in total. The highest BCUT2D eigenvalue weighted by molar-refractivity contribution is 5.87. The number of amidine groups is 1. The molecule has 0 aromatic heterocycles. The fourth-order valence-electron chi connectivity index (χ4n) is 2.49. The van der Waals surface area contributed by atoms with Crippen molar-refractivity contribution in [3.63, 3.8) is 0 Å². The predicted octanol–water partition coefficient (Wildman–Crippen LogP) is 3.83. The quantitative estimate of drug-likeness (QED) is 0.755. The van der Waals surface area contributed by atoms with Crippen LogP contribution in [0.15, 0.2) is 4.99 Å². The number of carbonyl (C=O) groups excluding carboxylic acids is 1. The lowest BCUT2D eigenvalue weighted by atomic mass is 9.87. The predicted molar refractivity (Wildman–Crippen MR) is 96.0 cm³/mol. The fraction of sp³-hybridized carbons (Fsp3) is 0.889. The van der Waals surface area contributed by atoms with Gasteiger partial charge in [-0.25, -0.2) is 4.79 Å². The summed E-state index contributed by atoms with van der Waals surface area (Å²) in [4.78, 5) is 18.4.